The zero-order valence-corrected chi connectivity index (χ0v) is 11.5. The smallest absolute Gasteiger partial charge is 0.101 e. The normalized spacial score (nSPS) is 11.9. The molecule has 0 heterocycles. The topological polar surface area (TPSA) is 56.0 Å². The van der Waals surface area contributed by atoms with Crippen LogP contribution >= 0.6 is 15.9 Å². The van der Waals surface area contributed by atoms with Gasteiger partial charge in [-0.3, -0.25) is 0 Å². The van der Waals surface area contributed by atoms with Gasteiger partial charge in [-0.05, 0) is 30.5 Å². The Morgan fingerprint density at radius 1 is 1.53 bits per heavy atom. The fourth-order valence-corrected chi connectivity index (χ4v) is 2.01. The number of nitrogens with one attached hydrogen (secondary N) is 1. The van der Waals surface area contributed by atoms with E-state index < -0.39 is 0 Å². The second kappa shape index (κ2) is 7.31. The van der Waals surface area contributed by atoms with Crippen LogP contribution in [-0.4, -0.2) is 18.3 Å². The van der Waals surface area contributed by atoms with E-state index in [1.54, 1.807) is 6.07 Å². The first-order valence-corrected chi connectivity index (χ1v) is 6.55. The van der Waals surface area contributed by atoms with Gasteiger partial charge >= 0.3 is 0 Å². The fourth-order valence-electron chi connectivity index (χ4n) is 1.65. The lowest BCUT2D eigenvalue weighted by Crippen LogP contribution is -2.15. The van der Waals surface area contributed by atoms with Crippen LogP contribution in [0.2, 0.25) is 0 Å². The largest absolute Gasteiger partial charge is 0.396 e. The molecule has 3 nitrogen and oxygen atoms in total. The Kier molecular flexibility index (Phi) is 6.03. The summed E-state index contributed by atoms with van der Waals surface area (Å²) in [5, 5.41) is 21.2. The predicted octanol–water partition coefficient (Wildman–Crippen LogP) is 3.14. The second-order valence-electron chi connectivity index (χ2n) is 3.97. The van der Waals surface area contributed by atoms with E-state index in [0.29, 0.717) is 11.5 Å². The minimum atomic E-state index is 0.214. The highest BCUT2D eigenvalue weighted by molar-refractivity contribution is 9.10. The molecule has 0 bridgehead atoms. The Morgan fingerprint density at radius 2 is 2.29 bits per heavy atom. The van der Waals surface area contributed by atoms with Crippen molar-refractivity contribution in [1.29, 1.82) is 5.26 Å². The Morgan fingerprint density at radius 3 is 2.88 bits per heavy atom. The molecule has 0 spiro atoms. The molecule has 0 radical (unpaired) electrons. The van der Waals surface area contributed by atoms with Gasteiger partial charge in [-0.25, -0.2) is 0 Å². The van der Waals surface area contributed by atoms with Crippen molar-refractivity contribution in [3.8, 4) is 6.07 Å². The van der Waals surface area contributed by atoms with Crippen molar-refractivity contribution in [2.24, 2.45) is 5.92 Å². The summed E-state index contributed by atoms with van der Waals surface area (Å²) in [6, 6.07) is 7.78. The molecule has 92 valence electrons. The molecule has 0 aliphatic carbocycles. The van der Waals surface area contributed by atoms with Gasteiger partial charge in [0.2, 0.25) is 0 Å². The van der Waals surface area contributed by atoms with Crippen LogP contribution in [-0.2, 0) is 0 Å². The highest BCUT2D eigenvalue weighted by atomic mass is 79.9. The van der Waals surface area contributed by atoms with E-state index in [4.69, 9.17) is 10.4 Å². The van der Waals surface area contributed by atoms with Crippen LogP contribution in [0.1, 0.15) is 25.3 Å². The van der Waals surface area contributed by atoms with Crippen LogP contribution in [0.25, 0.3) is 0 Å². The molecule has 1 atom stereocenters. The molecule has 1 rings (SSSR count). The summed E-state index contributed by atoms with van der Waals surface area (Å²) in [7, 11) is 0. The molecule has 0 aliphatic heterocycles. The lowest BCUT2D eigenvalue weighted by molar-refractivity contribution is 0.258. The van der Waals surface area contributed by atoms with Crippen LogP contribution in [0.4, 0.5) is 5.69 Å². The Bertz CT molecular complexity index is 401. The molecule has 0 saturated heterocycles. The van der Waals surface area contributed by atoms with Crippen LogP contribution in [0.3, 0.4) is 0 Å². The number of hydrogen-bond donors (Lipinski definition) is 2. The third-order valence-corrected chi connectivity index (χ3v) is 3.29. The molecule has 17 heavy (non-hydrogen) atoms. The predicted molar refractivity (Wildman–Crippen MR) is 72.8 cm³/mol. The van der Waals surface area contributed by atoms with E-state index in [2.05, 4.69) is 34.2 Å². The first kappa shape index (κ1) is 14.0. The van der Waals surface area contributed by atoms with Gasteiger partial charge < -0.3 is 10.4 Å². The van der Waals surface area contributed by atoms with Crippen LogP contribution in [0.15, 0.2) is 22.7 Å². The molecule has 1 aromatic carbocycles. The van der Waals surface area contributed by atoms with E-state index in [1.165, 1.54) is 0 Å². The van der Waals surface area contributed by atoms with Crippen molar-refractivity contribution in [1.82, 2.24) is 0 Å². The van der Waals surface area contributed by atoms with E-state index >= 15 is 0 Å². The number of benzene rings is 1. The second-order valence-corrected chi connectivity index (χ2v) is 4.88. The summed E-state index contributed by atoms with van der Waals surface area (Å²) in [6.07, 6.45) is 1.81. The zero-order valence-electron chi connectivity index (χ0n) is 9.91. The number of nitrogens with zero attached hydrogens (tertiary/aromatic N) is 1. The summed E-state index contributed by atoms with van der Waals surface area (Å²) in [5.41, 5.74) is 1.49. The summed E-state index contributed by atoms with van der Waals surface area (Å²) in [4.78, 5) is 0. The van der Waals surface area contributed by atoms with E-state index in [1.807, 2.05) is 12.1 Å². The quantitative estimate of drug-likeness (QED) is 0.848. The summed E-state index contributed by atoms with van der Waals surface area (Å²) in [5.74, 6) is 0.440. The molecule has 4 heteroatoms. The average Bonchev–Trinajstić information content (AvgIpc) is 2.35. The Balaban J connectivity index is 2.65. The van der Waals surface area contributed by atoms with Gasteiger partial charge in [0.15, 0.2) is 0 Å². The molecule has 0 fully saturated rings. The number of halogens is 1. The summed E-state index contributed by atoms with van der Waals surface area (Å²) < 4.78 is 0.905. The highest BCUT2D eigenvalue weighted by Gasteiger charge is 2.07. The van der Waals surface area contributed by atoms with E-state index in [9.17, 15) is 0 Å². The first-order valence-electron chi connectivity index (χ1n) is 5.75. The number of nitriles is 1. The van der Waals surface area contributed by atoms with Crippen LogP contribution < -0.4 is 5.32 Å². The zero-order chi connectivity index (χ0) is 12.7. The van der Waals surface area contributed by atoms with Gasteiger partial charge in [0.05, 0.1) is 11.3 Å². The van der Waals surface area contributed by atoms with Crippen molar-refractivity contribution in [3.05, 3.63) is 28.2 Å². The maximum absolute atomic E-state index is 9.02. The van der Waals surface area contributed by atoms with Gasteiger partial charge in [0.1, 0.15) is 6.07 Å². The maximum Gasteiger partial charge on any atom is 0.101 e. The molecule has 1 unspecified atom stereocenters. The molecule has 1 aromatic rings. The van der Waals surface area contributed by atoms with Crippen molar-refractivity contribution in [3.63, 3.8) is 0 Å². The molecule has 0 aromatic heterocycles. The van der Waals surface area contributed by atoms with Crippen LogP contribution in [0.5, 0.6) is 0 Å². The number of rotatable bonds is 6. The Labute approximate surface area is 111 Å². The molecule has 2 N–H and O–H groups in total. The Hall–Kier alpha value is -1.05. The summed E-state index contributed by atoms with van der Waals surface area (Å²) >= 11 is 3.34. The van der Waals surface area contributed by atoms with Gasteiger partial charge in [-0.15, -0.1) is 0 Å². The molecular formula is C13H17BrN2O. The van der Waals surface area contributed by atoms with Gasteiger partial charge in [0.25, 0.3) is 0 Å². The van der Waals surface area contributed by atoms with Crippen molar-refractivity contribution in [2.75, 3.05) is 18.5 Å². The summed E-state index contributed by atoms with van der Waals surface area (Å²) in [6.45, 7) is 3.10. The minimum Gasteiger partial charge on any atom is -0.396 e. The first-order chi connectivity index (χ1) is 8.21. The van der Waals surface area contributed by atoms with Crippen molar-refractivity contribution >= 4 is 21.6 Å². The standard InChI is InChI=1S/C13H17BrN2O/c1-2-10(5-6-17)9-16-13-4-3-12(14)7-11(13)8-15/h3-4,7,10,16-17H,2,5-6,9H2,1H3. The van der Waals surface area contributed by atoms with Gasteiger partial charge in [-0.2, -0.15) is 5.26 Å². The monoisotopic (exact) mass is 296 g/mol. The van der Waals surface area contributed by atoms with Crippen molar-refractivity contribution in [2.45, 2.75) is 19.8 Å². The van der Waals surface area contributed by atoms with Gasteiger partial charge in [-0.1, -0.05) is 29.3 Å². The third kappa shape index (κ3) is 4.37. The average molecular weight is 297 g/mol. The number of aliphatic hydroxyl groups is 1. The minimum absolute atomic E-state index is 0.214. The number of aliphatic hydroxyl groups excluding tert-OH is 1. The molecule has 0 saturated carbocycles. The number of anilines is 1. The molecule has 0 amide bonds. The van der Waals surface area contributed by atoms with Gasteiger partial charge in [0, 0.05) is 17.6 Å². The van der Waals surface area contributed by atoms with Crippen LogP contribution in [0, 0.1) is 17.2 Å². The SMILES string of the molecule is CCC(CCO)CNc1ccc(Br)cc1C#N. The van der Waals surface area contributed by atoms with E-state index in [0.717, 1.165) is 29.5 Å². The van der Waals surface area contributed by atoms with E-state index in [-0.39, 0.29) is 6.61 Å². The molecular weight excluding hydrogens is 280 g/mol. The number of hydrogen-bond acceptors (Lipinski definition) is 3. The maximum atomic E-state index is 9.02. The molecule has 0 aliphatic rings. The third-order valence-electron chi connectivity index (χ3n) is 2.80. The lowest BCUT2D eigenvalue weighted by atomic mass is 10.0. The fraction of sp³-hybridized carbons (Fsp3) is 0.462. The highest BCUT2D eigenvalue weighted by Crippen LogP contribution is 2.21. The van der Waals surface area contributed by atoms with Crippen molar-refractivity contribution < 1.29 is 5.11 Å². The lowest BCUT2D eigenvalue weighted by Gasteiger charge is -2.16.